The van der Waals surface area contributed by atoms with E-state index in [0.29, 0.717) is 11.3 Å². The highest BCUT2D eigenvalue weighted by atomic mass is 16.5. The van der Waals surface area contributed by atoms with Crippen LogP contribution in [0.4, 0.5) is 5.69 Å². The van der Waals surface area contributed by atoms with E-state index in [0.717, 1.165) is 29.5 Å². The normalized spacial score (nSPS) is 13.1. The fourth-order valence-corrected chi connectivity index (χ4v) is 3.38. The summed E-state index contributed by atoms with van der Waals surface area (Å²) in [5, 5.41) is 5.86. The number of anilines is 1. The summed E-state index contributed by atoms with van der Waals surface area (Å²) >= 11 is 0. The van der Waals surface area contributed by atoms with Gasteiger partial charge in [0.2, 0.25) is 5.91 Å². The maximum atomic E-state index is 12.7. The highest BCUT2D eigenvalue weighted by molar-refractivity contribution is 5.98. The van der Waals surface area contributed by atoms with Crippen LogP contribution >= 0.6 is 0 Å². The van der Waals surface area contributed by atoms with Crippen LogP contribution in [-0.2, 0) is 9.53 Å². The second kappa shape index (κ2) is 9.58. The molecule has 158 valence electrons. The number of ether oxygens (including phenoxy) is 1. The number of carbonyl (C=O) groups excluding carboxylic acids is 2. The van der Waals surface area contributed by atoms with Crippen LogP contribution < -0.4 is 10.6 Å². The summed E-state index contributed by atoms with van der Waals surface area (Å²) in [5.41, 5.74) is 4.01. The first-order valence-electron chi connectivity index (χ1n) is 10.5. The lowest BCUT2D eigenvalue weighted by atomic mass is 10.0. The van der Waals surface area contributed by atoms with E-state index in [-0.39, 0.29) is 30.6 Å². The van der Waals surface area contributed by atoms with Crippen LogP contribution in [0.15, 0.2) is 78.9 Å². The molecule has 1 fully saturated rings. The Balaban J connectivity index is 1.43. The van der Waals surface area contributed by atoms with Gasteiger partial charge in [-0.2, -0.15) is 0 Å². The first kappa shape index (κ1) is 20.8. The molecule has 0 radical (unpaired) electrons. The highest BCUT2D eigenvalue weighted by Crippen LogP contribution is 2.26. The number of benzene rings is 3. The lowest BCUT2D eigenvalue weighted by molar-refractivity contribution is -0.121. The van der Waals surface area contributed by atoms with E-state index < -0.39 is 0 Å². The summed E-state index contributed by atoms with van der Waals surface area (Å²) in [6.45, 7) is 1.79. The van der Waals surface area contributed by atoms with Gasteiger partial charge in [-0.3, -0.25) is 9.59 Å². The fraction of sp³-hybridized carbons (Fsp3) is 0.231. The molecule has 3 aromatic rings. The Morgan fingerprint density at radius 1 is 0.935 bits per heavy atom. The molecule has 0 aliphatic heterocycles. The highest BCUT2D eigenvalue weighted by Gasteiger charge is 2.24. The van der Waals surface area contributed by atoms with Gasteiger partial charge in [-0.1, -0.05) is 66.7 Å². The minimum atomic E-state index is -0.343. The van der Waals surface area contributed by atoms with E-state index in [1.54, 1.807) is 12.1 Å². The summed E-state index contributed by atoms with van der Waals surface area (Å²) in [7, 11) is 0. The van der Waals surface area contributed by atoms with Crippen LogP contribution in [0.2, 0.25) is 0 Å². The molecule has 0 heterocycles. The van der Waals surface area contributed by atoms with Gasteiger partial charge in [-0.25, -0.2) is 0 Å². The van der Waals surface area contributed by atoms with Crippen LogP contribution in [0.5, 0.6) is 0 Å². The van der Waals surface area contributed by atoms with Crippen LogP contribution in [0, 0.1) is 6.92 Å². The number of hydrogen-bond donors (Lipinski definition) is 2. The van der Waals surface area contributed by atoms with E-state index in [4.69, 9.17) is 4.74 Å². The van der Waals surface area contributed by atoms with E-state index in [2.05, 4.69) is 10.6 Å². The van der Waals surface area contributed by atoms with E-state index in [1.165, 1.54) is 0 Å². The topological polar surface area (TPSA) is 67.4 Å². The Kier molecular flexibility index (Phi) is 6.43. The molecule has 4 rings (SSSR count). The molecule has 0 bridgehead atoms. The molecule has 1 aliphatic rings. The molecule has 2 N–H and O–H groups in total. The first-order chi connectivity index (χ1) is 15.1. The van der Waals surface area contributed by atoms with Crippen LogP contribution in [0.3, 0.4) is 0 Å². The first-order valence-corrected chi connectivity index (χ1v) is 10.5. The van der Waals surface area contributed by atoms with Gasteiger partial charge in [0, 0.05) is 17.3 Å². The predicted octanol–water partition coefficient (Wildman–Crippen LogP) is 4.63. The predicted molar refractivity (Wildman–Crippen MR) is 121 cm³/mol. The molecule has 3 aromatic carbocycles. The van der Waals surface area contributed by atoms with Crippen LogP contribution in [0.1, 0.15) is 46.0 Å². The number of hydrogen-bond acceptors (Lipinski definition) is 3. The molecule has 31 heavy (non-hydrogen) atoms. The molecule has 5 heteroatoms. The van der Waals surface area contributed by atoms with Gasteiger partial charge in [0.05, 0.1) is 0 Å². The lowest BCUT2D eigenvalue weighted by Gasteiger charge is -2.19. The summed E-state index contributed by atoms with van der Waals surface area (Å²) < 4.78 is 6.04. The zero-order valence-electron chi connectivity index (χ0n) is 17.5. The third-order valence-electron chi connectivity index (χ3n) is 5.27. The second-order valence-electron chi connectivity index (χ2n) is 7.84. The molecule has 1 aliphatic carbocycles. The Hall–Kier alpha value is -3.44. The molecular formula is C26H26N2O3. The van der Waals surface area contributed by atoms with Crippen molar-refractivity contribution in [2.75, 3.05) is 11.9 Å². The zero-order valence-corrected chi connectivity index (χ0v) is 17.5. The summed E-state index contributed by atoms with van der Waals surface area (Å²) in [5.74, 6) is -0.373. The summed E-state index contributed by atoms with van der Waals surface area (Å²) in [4.78, 5) is 25.0. The minimum Gasteiger partial charge on any atom is -0.359 e. The van der Waals surface area contributed by atoms with Crippen molar-refractivity contribution in [1.29, 1.82) is 0 Å². The van der Waals surface area contributed by atoms with Gasteiger partial charge in [0.1, 0.15) is 12.7 Å². The third-order valence-corrected chi connectivity index (χ3v) is 5.27. The third kappa shape index (κ3) is 5.58. The minimum absolute atomic E-state index is 0.105. The Bertz CT molecular complexity index is 1010. The van der Waals surface area contributed by atoms with Crippen molar-refractivity contribution in [2.45, 2.75) is 31.9 Å². The summed E-state index contributed by atoms with van der Waals surface area (Å²) in [6, 6.07) is 25.3. The number of amides is 2. The van der Waals surface area contributed by atoms with Gasteiger partial charge in [-0.15, -0.1) is 0 Å². The maximum Gasteiger partial charge on any atom is 0.251 e. The molecular weight excluding hydrogens is 388 g/mol. The lowest BCUT2D eigenvalue weighted by Crippen LogP contribution is -2.26. The van der Waals surface area contributed by atoms with Crippen molar-refractivity contribution in [3.8, 4) is 0 Å². The monoisotopic (exact) mass is 414 g/mol. The van der Waals surface area contributed by atoms with E-state index >= 15 is 0 Å². The quantitative estimate of drug-likeness (QED) is 0.565. The number of carbonyl (C=O) groups is 2. The van der Waals surface area contributed by atoms with E-state index in [1.807, 2.05) is 73.7 Å². The van der Waals surface area contributed by atoms with Gasteiger partial charge in [-0.05, 0) is 48.6 Å². The molecule has 0 atom stereocenters. The zero-order chi connectivity index (χ0) is 21.6. The average Bonchev–Trinajstić information content (AvgIpc) is 3.61. The molecule has 0 unspecified atom stereocenters. The second-order valence-corrected chi connectivity index (χ2v) is 7.84. The SMILES string of the molecule is Cc1ccc(C(=O)NC2CC2)cc1NC(=O)COC(c1ccccc1)c1ccccc1. The summed E-state index contributed by atoms with van der Waals surface area (Å²) in [6.07, 6.45) is 1.72. The molecule has 0 saturated heterocycles. The molecule has 0 spiro atoms. The molecule has 5 nitrogen and oxygen atoms in total. The molecule has 1 saturated carbocycles. The van der Waals surface area contributed by atoms with Gasteiger partial charge < -0.3 is 15.4 Å². The van der Waals surface area contributed by atoms with Gasteiger partial charge >= 0.3 is 0 Å². The molecule has 2 amide bonds. The van der Waals surface area contributed by atoms with Crippen molar-refractivity contribution in [3.05, 3.63) is 101 Å². The Morgan fingerprint density at radius 3 is 2.13 bits per heavy atom. The standard InChI is InChI=1S/C26H26N2O3/c1-18-12-13-21(26(30)27-22-14-15-22)16-23(18)28-24(29)17-31-25(19-8-4-2-5-9-19)20-10-6-3-7-11-20/h2-13,16,22,25H,14-15,17H2,1H3,(H,27,30)(H,28,29). The number of nitrogens with one attached hydrogen (secondary N) is 2. The number of rotatable bonds is 8. The smallest absolute Gasteiger partial charge is 0.251 e. The van der Waals surface area contributed by atoms with Crippen molar-refractivity contribution in [3.63, 3.8) is 0 Å². The molecule has 0 aromatic heterocycles. The largest absolute Gasteiger partial charge is 0.359 e. The van der Waals surface area contributed by atoms with Crippen molar-refractivity contribution in [1.82, 2.24) is 5.32 Å². The fourth-order valence-electron chi connectivity index (χ4n) is 3.38. The van der Waals surface area contributed by atoms with Gasteiger partial charge in [0.25, 0.3) is 5.91 Å². The maximum absolute atomic E-state index is 12.7. The Morgan fingerprint density at radius 2 is 1.55 bits per heavy atom. The van der Waals surface area contributed by atoms with Crippen LogP contribution in [0.25, 0.3) is 0 Å². The average molecular weight is 415 g/mol. The van der Waals surface area contributed by atoms with Crippen LogP contribution in [-0.4, -0.2) is 24.5 Å². The van der Waals surface area contributed by atoms with Crippen molar-refractivity contribution < 1.29 is 14.3 Å². The van der Waals surface area contributed by atoms with Crippen molar-refractivity contribution >= 4 is 17.5 Å². The van der Waals surface area contributed by atoms with Crippen molar-refractivity contribution in [2.24, 2.45) is 0 Å². The Labute approximate surface area is 182 Å². The number of aryl methyl sites for hydroxylation is 1. The van der Waals surface area contributed by atoms with E-state index in [9.17, 15) is 9.59 Å². The van der Waals surface area contributed by atoms with Gasteiger partial charge in [0.15, 0.2) is 0 Å².